The summed E-state index contributed by atoms with van der Waals surface area (Å²) in [7, 11) is 1.83. The molecular formula is C14H18N4OS. The average molecular weight is 290 g/mol. The molecule has 0 spiro atoms. The van der Waals surface area contributed by atoms with E-state index < -0.39 is 0 Å². The number of hydrogen-bond donors (Lipinski definition) is 1. The molecule has 5 nitrogen and oxygen atoms in total. The van der Waals surface area contributed by atoms with Gasteiger partial charge < -0.3 is 10.5 Å². The highest BCUT2D eigenvalue weighted by molar-refractivity contribution is 7.80. The van der Waals surface area contributed by atoms with Crippen molar-refractivity contribution in [2.75, 3.05) is 6.61 Å². The van der Waals surface area contributed by atoms with Gasteiger partial charge in [-0.1, -0.05) is 12.2 Å². The molecule has 6 heteroatoms. The first-order valence-corrected chi connectivity index (χ1v) is 6.85. The number of thiocarbonyl (C=S) groups is 1. The maximum atomic E-state index is 5.79. The molecule has 0 amide bonds. The number of aryl methyl sites for hydroxylation is 3. The molecule has 0 saturated heterocycles. The maximum absolute atomic E-state index is 5.79. The Balaban J connectivity index is 1.93. The van der Waals surface area contributed by atoms with E-state index in [0.29, 0.717) is 17.5 Å². The van der Waals surface area contributed by atoms with Crippen LogP contribution >= 0.6 is 12.2 Å². The summed E-state index contributed by atoms with van der Waals surface area (Å²) < 4.78 is 7.47. The predicted molar refractivity (Wildman–Crippen MR) is 81.9 cm³/mol. The van der Waals surface area contributed by atoms with Crippen LogP contribution < -0.4 is 10.5 Å². The summed E-state index contributed by atoms with van der Waals surface area (Å²) in [5, 5.41) is 4.29. The number of ether oxygens (including phenoxy) is 1. The Morgan fingerprint density at radius 1 is 1.40 bits per heavy atom. The summed E-state index contributed by atoms with van der Waals surface area (Å²) in [6.45, 7) is 2.47. The fourth-order valence-electron chi connectivity index (χ4n) is 2.08. The summed E-state index contributed by atoms with van der Waals surface area (Å²) in [5.41, 5.74) is 8.49. The SMILES string of the molecule is Cc1nn(C)c(OCCCc2ccncc2)c1C(N)=S. The van der Waals surface area contributed by atoms with Crippen LogP contribution in [0.2, 0.25) is 0 Å². The fourth-order valence-corrected chi connectivity index (χ4v) is 2.32. The molecule has 0 aromatic carbocycles. The molecule has 0 bridgehead atoms. The van der Waals surface area contributed by atoms with Crippen molar-refractivity contribution in [3.05, 3.63) is 41.3 Å². The molecule has 20 heavy (non-hydrogen) atoms. The van der Waals surface area contributed by atoms with E-state index in [9.17, 15) is 0 Å². The van der Waals surface area contributed by atoms with Crippen molar-refractivity contribution >= 4 is 17.2 Å². The van der Waals surface area contributed by atoms with Gasteiger partial charge in [-0.05, 0) is 37.5 Å². The molecule has 2 aromatic rings. The van der Waals surface area contributed by atoms with Gasteiger partial charge in [-0.2, -0.15) is 5.10 Å². The van der Waals surface area contributed by atoms with Crippen molar-refractivity contribution in [2.24, 2.45) is 12.8 Å². The van der Waals surface area contributed by atoms with Crippen LogP contribution in [0.4, 0.5) is 0 Å². The first-order valence-electron chi connectivity index (χ1n) is 6.44. The van der Waals surface area contributed by atoms with Gasteiger partial charge in [0.15, 0.2) is 0 Å². The molecule has 2 aromatic heterocycles. The van der Waals surface area contributed by atoms with Crippen LogP contribution in [-0.2, 0) is 13.5 Å². The zero-order valence-corrected chi connectivity index (χ0v) is 12.5. The van der Waals surface area contributed by atoms with E-state index in [1.54, 1.807) is 17.1 Å². The molecule has 106 valence electrons. The van der Waals surface area contributed by atoms with Gasteiger partial charge in [0.2, 0.25) is 5.88 Å². The third-order valence-corrected chi connectivity index (χ3v) is 3.22. The standard InChI is InChI=1S/C14H18N4OS/c1-10-12(13(15)20)14(18(2)17-10)19-9-3-4-11-5-7-16-8-6-11/h5-8H,3-4,9H2,1-2H3,(H2,15,20). The van der Waals surface area contributed by atoms with E-state index in [-0.39, 0.29) is 0 Å². The molecule has 0 fully saturated rings. The molecule has 0 aliphatic carbocycles. The largest absolute Gasteiger partial charge is 0.477 e. The van der Waals surface area contributed by atoms with E-state index in [2.05, 4.69) is 10.1 Å². The summed E-state index contributed by atoms with van der Waals surface area (Å²) >= 11 is 5.04. The zero-order chi connectivity index (χ0) is 14.5. The van der Waals surface area contributed by atoms with Crippen LogP contribution in [0.3, 0.4) is 0 Å². The minimum Gasteiger partial charge on any atom is -0.477 e. The second-order valence-electron chi connectivity index (χ2n) is 4.56. The smallest absolute Gasteiger partial charge is 0.222 e. The summed E-state index contributed by atoms with van der Waals surface area (Å²) in [4.78, 5) is 4.31. The van der Waals surface area contributed by atoms with Crippen LogP contribution in [-0.4, -0.2) is 26.4 Å². The van der Waals surface area contributed by atoms with Crippen molar-refractivity contribution in [3.8, 4) is 5.88 Å². The molecule has 0 radical (unpaired) electrons. The van der Waals surface area contributed by atoms with E-state index in [0.717, 1.165) is 24.1 Å². The van der Waals surface area contributed by atoms with Crippen LogP contribution in [0, 0.1) is 6.92 Å². The number of hydrogen-bond acceptors (Lipinski definition) is 4. The van der Waals surface area contributed by atoms with E-state index in [1.165, 1.54) is 5.56 Å². The molecule has 0 saturated carbocycles. The molecule has 2 heterocycles. The van der Waals surface area contributed by atoms with Crippen molar-refractivity contribution < 1.29 is 4.74 Å². The summed E-state index contributed by atoms with van der Waals surface area (Å²) in [6.07, 6.45) is 5.45. The molecule has 2 N–H and O–H groups in total. The topological polar surface area (TPSA) is 66.0 Å². The number of aromatic nitrogens is 3. The van der Waals surface area contributed by atoms with E-state index in [4.69, 9.17) is 22.7 Å². The van der Waals surface area contributed by atoms with Gasteiger partial charge in [0, 0.05) is 19.4 Å². The first kappa shape index (κ1) is 14.5. The van der Waals surface area contributed by atoms with Crippen LogP contribution in [0.1, 0.15) is 23.2 Å². The Hall–Kier alpha value is -1.95. The van der Waals surface area contributed by atoms with Crippen LogP contribution in [0.5, 0.6) is 5.88 Å². The number of nitrogens with zero attached hydrogens (tertiary/aromatic N) is 3. The molecule has 0 aliphatic rings. The van der Waals surface area contributed by atoms with Crippen molar-refractivity contribution in [3.63, 3.8) is 0 Å². The monoisotopic (exact) mass is 290 g/mol. The molecule has 0 aliphatic heterocycles. The highest BCUT2D eigenvalue weighted by Crippen LogP contribution is 2.21. The Morgan fingerprint density at radius 3 is 2.75 bits per heavy atom. The predicted octanol–water partition coefficient (Wildman–Crippen LogP) is 1.77. The molecule has 0 atom stereocenters. The van der Waals surface area contributed by atoms with Gasteiger partial charge in [0.1, 0.15) is 4.99 Å². The Kier molecular flexibility index (Phi) is 4.68. The lowest BCUT2D eigenvalue weighted by Gasteiger charge is -2.08. The number of nitrogens with two attached hydrogens (primary N) is 1. The lowest BCUT2D eigenvalue weighted by atomic mass is 10.1. The first-order chi connectivity index (χ1) is 9.59. The zero-order valence-electron chi connectivity index (χ0n) is 11.7. The Bertz CT molecular complexity index is 595. The lowest BCUT2D eigenvalue weighted by molar-refractivity contribution is 0.284. The summed E-state index contributed by atoms with van der Waals surface area (Å²) in [5.74, 6) is 0.643. The fraction of sp³-hybridized carbons (Fsp3) is 0.357. The number of pyridine rings is 1. The Morgan fingerprint density at radius 2 is 2.10 bits per heavy atom. The van der Waals surface area contributed by atoms with Crippen molar-refractivity contribution in [2.45, 2.75) is 19.8 Å². The average Bonchev–Trinajstić information content (AvgIpc) is 2.70. The van der Waals surface area contributed by atoms with Crippen LogP contribution in [0.15, 0.2) is 24.5 Å². The van der Waals surface area contributed by atoms with Crippen molar-refractivity contribution in [1.82, 2.24) is 14.8 Å². The minimum absolute atomic E-state index is 0.319. The van der Waals surface area contributed by atoms with Gasteiger partial charge >= 0.3 is 0 Å². The van der Waals surface area contributed by atoms with Gasteiger partial charge in [0.25, 0.3) is 0 Å². The van der Waals surface area contributed by atoms with Gasteiger partial charge in [-0.15, -0.1) is 0 Å². The highest BCUT2D eigenvalue weighted by atomic mass is 32.1. The van der Waals surface area contributed by atoms with Gasteiger partial charge in [0.05, 0.1) is 17.9 Å². The van der Waals surface area contributed by atoms with Crippen molar-refractivity contribution in [1.29, 1.82) is 0 Å². The molecule has 0 unspecified atom stereocenters. The second-order valence-corrected chi connectivity index (χ2v) is 5.00. The number of rotatable bonds is 6. The van der Waals surface area contributed by atoms with E-state index >= 15 is 0 Å². The minimum atomic E-state index is 0.319. The maximum Gasteiger partial charge on any atom is 0.222 e. The van der Waals surface area contributed by atoms with Gasteiger partial charge in [-0.3, -0.25) is 4.98 Å². The second kappa shape index (κ2) is 6.47. The quantitative estimate of drug-likeness (QED) is 0.649. The van der Waals surface area contributed by atoms with E-state index in [1.807, 2.05) is 26.1 Å². The Labute approximate surface area is 123 Å². The molecule has 2 rings (SSSR count). The summed E-state index contributed by atoms with van der Waals surface area (Å²) in [6, 6.07) is 4.02. The lowest BCUT2D eigenvalue weighted by Crippen LogP contribution is -2.13. The third kappa shape index (κ3) is 3.33. The highest BCUT2D eigenvalue weighted by Gasteiger charge is 2.16. The molecular weight excluding hydrogens is 272 g/mol. The third-order valence-electron chi connectivity index (χ3n) is 3.01. The normalized spacial score (nSPS) is 10.5. The van der Waals surface area contributed by atoms with Crippen LogP contribution in [0.25, 0.3) is 0 Å². The van der Waals surface area contributed by atoms with Gasteiger partial charge in [-0.25, -0.2) is 4.68 Å².